The highest BCUT2D eigenvalue weighted by atomic mass is 35.5. The molecular weight excluding hydrogens is 405 g/mol. The van der Waals surface area contributed by atoms with E-state index in [1.807, 2.05) is 72.8 Å². The van der Waals surface area contributed by atoms with Crippen molar-refractivity contribution in [1.29, 1.82) is 0 Å². The molecule has 0 bridgehead atoms. The highest BCUT2D eigenvalue weighted by Crippen LogP contribution is 2.25. The third-order valence-electron chi connectivity index (χ3n) is 4.42. The molecular formula is C23H15Cl2N3O. The van der Waals surface area contributed by atoms with Crippen molar-refractivity contribution in [2.24, 2.45) is 5.16 Å². The van der Waals surface area contributed by atoms with E-state index in [1.54, 1.807) is 12.4 Å². The molecule has 0 aliphatic rings. The maximum atomic E-state index is 9.71. The Labute approximate surface area is 178 Å². The fourth-order valence-corrected chi connectivity index (χ4v) is 3.43. The predicted molar refractivity (Wildman–Crippen MR) is 117 cm³/mol. The van der Waals surface area contributed by atoms with Gasteiger partial charge in [0.1, 0.15) is 0 Å². The molecule has 142 valence electrons. The average Bonchev–Trinajstić information content (AvgIpc) is 2.75. The van der Waals surface area contributed by atoms with E-state index in [0.717, 1.165) is 22.3 Å². The number of nitrogens with zero attached hydrogens (tertiary/aromatic N) is 3. The van der Waals surface area contributed by atoms with Crippen molar-refractivity contribution < 1.29 is 5.21 Å². The van der Waals surface area contributed by atoms with Crippen molar-refractivity contribution in [2.75, 3.05) is 0 Å². The lowest BCUT2D eigenvalue weighted by Crippen LogP contribution is -2.08. The van der Waals surface area contributed by atoms with Gasteiger partial charge >= 0.3 is 0 Å². The molecule has 4 rings (SSSR count). The minimum Gasteiger partial charge on any atom is -0.410 e. The normalized spacial score (nSPS) is 10.6. The van der Waals surface area contributed by atoms with Gasteiger partial charge in [0.15, 0.2) is 5.71 Å². The van der Waals surface area contributed by atoms with Gasteiger partial charge in [-0.2, -0.15) is 0 Å². The molecule has 0 saturated carbocycles. The van der Waals surface area contributed by atoms with Gasteiger partial charge in [-0.3, -0.25) is 9.97 Å². The Morgan fingerprint density at radius 1 is 0.655 bits per heavy atom. The number of benzene rings is 2. The average molecular weight is 420 g/mol. The molecule has 4 nitrogen and oxygen atoms in total. The van der Waals surface area contributed by atoms with E-state index in [9.17, 15) is 5.21 Å². The molecule has 0 saturated heterocycles. The van der Waals surface area contributed by atoms with Gasteiger partial charge in [0, 0.05) is 22.4 Å². The van der Waals surface area contributed by atoms with Crippen LogP contribution in [0.15, 0.2) is 90.3 Å². The molecule has 1 N–H and O–H groups in total. The Morgan fingerprint density at radius 2 is 1.10 bits per heavy atom. The third kappa shape index (κ3) is 4.29. The van der Waals surface area contributed by atoms with Crippen molar-refractivity contribution in [3.63, 3.8) is 0 Å². The molecule has 2 aromatic carbocycles. The Hall–Kier alpha value is -3.21. The first-order valence-corrected chi connectivity index (χ1v) is 9.56. The van der Waals surface area contributed by atoms with Crippen molar-refractivity contribution in [3.8, 4) is 22.3 Å². The molecule has 0 spiro atoms. The lowest BCUT2D eigenvalue weighted by atomic mass is 10.0. The van der Waals surface area contributed by atoms with Crippen LogP contribution in [-0.4, -0.2) is 20.9 Å². The number of pyridine rings is 2. The first-order valence-electron chi connectivity index (χ1n) is 8.81. The summed E-state index contributed by atoms with van der Waals surface area (Å²) in [5.74, 6) is 0. The highest BCUT2D eigenvalue weighted by molar-refractivity contribution is 6.31. The third-order valence-corrected chi connectivity index (χ3v) is 4.89. The van der Waals surface area contributed by atoms with Gasteiger partial charge in [-0.1, -0.05) is 52.6 Å². The lowest BCUT2D eigenvalue weighted by molar-refractivity contribution is 0.319. The Morgan fingerprint density at radius 3 is 1.52 bits per heavy atom. The zero-order valence-corrected chi connectivity index (χ0v) is 16.6. The summed E-state index contributed by atoms with van der Waals surface area (Å²) in [5, 5.41) is 14.5. The van der Waals surface area contributed by atoms with Gasteiger partial charge in [-0.15, -0.1) is 0 Å². The summed E-state index contributed by atoms with van der Waals surface area (Å²) in [6.07, 6.45) is 3.33. The van der Waals surface area contributed by atoms with Crippen LogP contribution < -0.4 is 0 Å². The second-order valence-corrected chi connectivity index (χ2v) is 7.20. The zero-order valence-electron chi connectivity index (χ0n) is 15.1. The molecule has 0 aliphatic carbocycles. The summed E-state index contributed by atoms with van der Waals surface area (Å²) in [6.45, 7) is 0. The maximum absolute atomic E-state index is 9.71. The highest BCUT2D eigenvalue weighted by Gasteiger charge is 2.13. The molecule has 0 fully saturated rings. The van der Waals surface area contributed by atoms with Gasteiger partial charge in [-0.05, 0) is 70.8 Å². The van der Waals surface area contributed by atoms with Gasteiger partial charge < -0.3 is 5.21 Å². The molecule has 0 radical (unpaired) electrons. The summed E-state index contributed by atoms with van der Waals surface area (Å²) >= 11 is 12.2. The SMILES string of the molecule is ON=C(c1cc(-c2cccc(Cl)c2)ccn1)c1cc(-c2cccc(Cl)c2)ccn1. The van der Waals surface area contributed by atoms with E-state index in [-0.39, 0.29) is 5.71 Å². The topological polar surface area (TPSA) is 58.4 Å². The smallest absolute Gasteiger partial charge is 0.153 e. The summed E-state index contributed by atoms with van der Waals surface area (Å²) in [6, 6.07) is 22.5. The number of aromatic nitrogens is 2. The summed E-state index contributed by atoms with van der Waals surface area (Å²) in [7, 11) is 0. The standard InChI is InChI=1S/C23H15Cl2N3O/c24-19-5-1-3-15(11-19)17-7-9-26-21(13-17)23(28-29)22-14-18(8-10-27-22)16-4-2-6-20(25)12-16/h1-14,29H. The quantitative estimate of drug-likeness (QED) is 0.238. The van der Waals surface area contributed by atoms with Crippen LogP contribution in [0.2, 0.25) is 10.0 Å². The van der Waals surface area contributed by atoms with E-state index < -0.39 is 0 Å². The molecule has 6 heteroatoms. The molecule has 0 amide bonds. The Kier molecular flexibility index (Phi) is 5.56. The van der Waals surface area contributed by atoms with Crippen molar-refractivity contribution in [1.82, 2.24) is 9.97 Å². The second-order valence-electron chi connectivity index (χ2n) is 6.33. The van der Waals surface area contributed by atoms with E-state index in [4.69, 9.17) is 23.2 Å². The van der Waals surface area contributed by atoms with E-state index in [2.05, 4.69) is 15.1 Å². The van der Waals surface area contributed by atoms with Crippen LogP contribution >= 0.6 is 23.2 Å². The Bertz CT molecular complexity index is 1120. The van der Waals surface area contributed by atoms with Crippen molar-refractivity contribution >= 4 is 28.9 Å². The molecule has 2 heterocycles. The monoisotopic (exact) mass is 419 g/mol. The maximum Gasteiger partial charge on any atom is 0.153 e. The van der Waals surface area contributed by atoms with Crippen LogP contribution in [0.3, 0.4) is 0 Å². The van der Waals surface area contributed by atoms with Crippen LogP contribution in [0.1, 0.15) is 11.4 Å². The number of hydrogen-bond donors (Lipinski definition) is 1. The molecule has 2 aromatic heterocycles. The lowest BCUT2D eigenvalue weighted by Gasteiger charge is -2.09. The molecule has 0 atom stereocenters. The first-order chi connectivity index (χ1) is 14.1. The number of halogens is 2. The fraction of sp³-hybridized carbons (Fsp3) is 0. The van der Waals surface area contributed by atoms with E-state index >= 15 is 0 Å². The van der Waals surface area contributed by atoms with Gasteiger partial charge in [-0.25, -0.2) is 0 Å². The summed E-state index contributed by atoms with van der Waals surface area (Å²) in [5.41, 5.74) is 4.98. The first kappa shape index (κ1) is 19.1. The number of oxime groups is 1. The van der Waals surface area contributed by atoms with Gasteiger partial charge in [0.2, 0.25) is 0 Å². The molecule has 4 aromatic rings. The van der Waals surface area contributed by atoms with E-state index in [1.165, 1.54) is 0 Å². The van der Waals surface area contributed by atoms with Crippen molar-refractivity contribution in [3.05, 3.63) is 107 Å². The summed E-state index contributed by atoms with van der Waals surface area (Å²) < 4.78 is 0. The van der Waals surface area contributed by atoms with Gasteiger partial charge in [0.25, 0.3) is 0 Å². The minimum atomic E-state index is 0.276. The Balaban J connectivity index is 1.74. The molecule has 0 unspecified atom stereocenters. The van der Waals surface area contributed by atoms with Crippen LogP contribution in [0.5, 0.6) is 0 Å². The number of hydrogen-bond acceptors (Lipinski definition) is 4. The number of rotatable bonds is 4. The largest absolute Gasteiger partial charge is 0.410 e. The minimum absolute atomic E-state index is 0.276. The second kappa shape index (κ2) is 8.43. The van der Waals surface area contributed by atoms with E-state index in [0.29, 0.717) is 21.4 Å². The van der Waals surface area contributed by atoms with Crippen LogP contribution in [0.25, 0.3) is 22.3 Å². The van der Waals surface area contributed by atoms with Crippen LogP contribution in [0.4, 0.5) is 0 Å². The molecule has 29 heavy (non-hydrogen) atoms. The van der Waals surface area contributed by atoms with Crippen molar-refractivity contribution in [2.45, 2.75) is 0 Å². The predicted octanol–water partition coefficient (Wildman–Crippen LogP) is 6.34. The zero-order chi connectivity index (χ0) is 20.2. The summed E-state index contributed by atoms with van der Waals surface area (Å²) in [4.78, 5) is 8.73. The van der Waals surface area contributed by atoms with Crippen LogP contribution in [0, 0.1) is 0 Å². The van der Waals surface area contributed by atoms with Gasteiger partial charge in [0.05, 0.1) is 11.4 Å². The van der Waals surface area contributed by atoms with Crippen LogP contribution in [-0.2, 0) is 0 Å². The fourth-order valence-electron chi connectivity index (χ4n) is 3.05. The molecule has 0 aliphatic heterocycles.